The van der Waals surface area contributed by atoms with Crippen molar-refractivity contribution in [2.24, 2.45) is 5.92 Å². The van der Waals surface area contributed by atoms with Crippen molar-refractivity contribution >= 4 is 17.8 Å². The third-order valence-electron chi connectivity index (χ3n) is 6.36. The average Bonchev–Trinajstić information content (AvgIpc) is 3.57. The van der Waals surface area contributed by atoms with Crippen LogP contribution >= 0.6 is 0 Å². The second-order valence-corrected chi connectivity index (χ2v) is 8.83. The summed E-state index contributed by atoms with van der Waals surface area (Å²) in [5.74, 6) is -0.00799. The number of hydrogen-bond donors (Lipinski definition) is 0. The number of ketones is 1. The quantitative estimate of drug-likeness (QED) is 0.416. The Morgan fingerprint density at radius 3 is 2.32 bits per heavy atom. The zero-order valence-corrected chi connectivity index (χ0v) is 20.2. The molecular weight excluding hydrogens is 431 g/mol. The molecule has 0 unspecified atom stereocenters. The maximum Gasteiger partial charge on any atom is 0.209 e. The van der Waals surface area contributed by atoms with Crippen LogP contribution in [0.3, 0.4) is 0 Å². The van der Waals surface area contributed by atoms with Gasteiger partial charge in [-0.2, -0.15) is 0 Å². The van der Waals surface area contributed by atoms with Gasteiger partial charge in [-0.25, -0.2) is 9.37 Å². The highest BCUT2D eigenvalue weighted by molar-refractivity contribution is 5.97. The molecule has 0 saturated carbocycles. The first kappa shape index (κ1) is 25.6. The lowest BCUT2D eigenvalue weighted by Gasteiger charge is -2.30. The molecule has 0 radical (unpaired) electrons. The molecule has 2 aromatic heterocycles. The minimum Gasteiger partial charge on any atom is -0.345 e. The predicted molar refractivity (Wildman–Crippen MR) is 132 cm³/mol. The Kier molecular flexibility index (Phi) is 9.76. The summed E-state index contributed by atoms with van der Waals surface area (Å²) in [5.41, 5.74) is 2.90. The normalized spacial score (nSPS) is 16.4. The SMILES string of the molecule is CCN1CCC(C(=O)c2ccc(F)cc2)CC1.Cc1ccc2nccn2c1.O=CN1CCCC1. The highest BCUT2D eigenvalue weighted by Gasteiger charge is 2.24. The van der Waals surface area contributed by atoms with Crippen molar-refractivity contribution < 1.29 is 14.0 Å². The van der Waals surface area contributed by atoms with Crippen LogP contribution in [0, 0.1) is 18.7 Å². The van der Waals surface area contributed by atoms with Crippen LogP contribution in [0.15, 0.2) is 55.0 Å². The third kappa shape index (κ3) is 7.48. The minimum absolute atomic E-state index is 0.114. The van der Waals surface area contributed by atoms with Crippen molar-refractivity contribution in [3.8, 4) is 0 Å². The Hall–Kier alpha value is -3.06. The number of amides is 1. The number of imidazole rings is 1. The number of aryl methyl sites for hydroxylation is 1. The number of fused-ring (bicyclic) bond motifs is 1. The first-order valence-corrected chi connectivity index (χ1v) is 12.1. The molecule has 1 amide bonds. The molecule has 7 heteroatoms. The van der Waals surface area contributed by atoms with Gasteiger partial charge in [0.25, 0.3) is 0 Å². The minimum atomic E-state index is -0.289. The number of aromatic nitrogens is 2. The van der Waals surface area contributed by atoms with Gasteiger partial charge in [0.05, 0.1) is 0 Å². The summed E-state index contributed by atoms with van der Waals surface area (Å²) >= 11 is 0. The van der Waals surface area contributed by atoms with Gasteiger partial charge in [0.2, 0.25) is 6.41 Å². The van der Waals surface area contributed by atoms with Gasteiger partial charge >= 0.3 is 0 Å². The summed E-state index contributed by atoms with van der Waals surface area (Å²) in [6.07, 6.45) is 11.0. The fourth-order valence-corrected chi connectivity index (χ4v) is 4.24. The van der Waals surface area contributed by atoms with E-state index in [1.807, 2.05) is 16.7 Å². The average molecular weight is 467 g/mol. The number of likely N-dealkylation sites (tertiary alicyclic amines) is 2. The lowest BCUT2D eigenvalue weighted by molar-refractivity contribution is -0.117. The lowest BCUT2D eigenvalue weighted by atomic mass is 9.89. The van der Waals surface area contributed by atoms with Crippen molar-refractivity contribution in [3.63, 3.8) is 0 Å². The molecule has 34 heavy (non-hydrogen) atoms. The van der Waals surface area contributed by atoms with Crippen LogP contribution in [-0.4, -0.2) is 64.1 Å². The Balaban J connectivity index is 0.000000160. The standard InChI is InChI=1S/C14H18FNO.C8H8N2.C5H9NO/c1-2-16-9-7-12(8-10-16)14(17)11-3-5-13(15)6-4-11;1-7-2-3-8-9-4-5-10(8)6-7;7-5-6-3-1-2-4-6/h3-6,12H,2,7-10H2,1H3;2-6H,1H3;5H,1-4H2. The number of hydrogen-bond acceptors (Lipinski definition) is 4. The molecule has 0 N–H and O–H groups in total. The van der Waals surface area contributed by atoms with Gasteiger partial charge in [-0.3, -0.25) is 9.59 Å². The molecule has 4 heterocycles. The van der Waals surface area contributed by atoms with Crippen LogP contribution in [-0.2, 0) is 4.79 Å². The molecule has 0 spiro atoms. The summed E-state index contributed by atoms with van der Waals surface area (Å²) in [7, 11) is 0. The monoisotopic (exact) mass is 466 g/mol. The van der Waals surface area contributed by atoms with Crippen LogP contribution in [0.2, 0.25) is 0 Å². The summed E-state index contributed by atoms with van der Waals surface area (Å²) in [4.78, 5) is 30.4. The number of Topliss-reactive ketones (excluding diaryl/α,β-unsaturated/α-hetero) is 1. The number of rotatable bonds is 4. The molecule has 0 aliphatic carbocycles. The van der Waals surface area contributed by atoms with E-state index in [1.54, 1.807) is 23.2 Å². The second kappa shape index (κ2) is 13.0. The lowest BCUT2D eigenvalue weighted by Crippen LogP contribution is -2.36. The maximum absolute atomic E-state index is 12.8. The van der Waals surface area contributed by atoms with Crippen molar-refractivity contribution in [1.29, 1.82) is 0 Å². The topological polar surface area (TPSA) is 57.9 Å². The number of carbonyl (C=O) groups excluding carboxylic acids is 2. The fourth-order valence-electron chi connectivity index (χ4n) is 4.24. The summed E-state index contributed by atoms with van der Waals surface area (Å²) in [6.45, 7) is 9.20. The number of nitrogens with zero attached hydrogens (tertiary/aromatic N) is 4. The maximum atomic E-state index is 12.8. The molecule has 1 aromatic carbocycles. The van der Waals surface area contributed by atoms with Crippen molar-refractivity contribution in [2.45, 2.75) is 39.5 Å². The van der Waals surface area contributed by atoms with Crippen LogP contribution in [0.5, 0.6) is 0 Å². The second-order valence-electron chi connectivity index (χ2n) is 8.83. The molecule has 3 aromatic rings. The van der Waals surface area contributed by atoms with E-state index in [-0.39, 0.29) is 17.5 Å². The van der Waals surface area contributed by atoms with Crippen LogP contribution in [0.1, 0.15) is 48.5 Å². The number of carbonyl (C=O) groups is 2. The number of piperidine rings is 1. The highest BCUT2D eigenvalue weighted by atomic mass is 19.1. The summed E-state index contributed by atoms with van der Waals surface area (Å²) < 4.78 is 14.8. The molecule has 0 bridgehead atoms. The molecular formula is C27H35FN4O2. The van der Waals surface area contributed by atoms with E-state index in [0.717, 1.165) is 57.6 Å². The van der Waals surface area contributed by atoms with E-state index in [0.29, 0.717) is 5.56 Å². The van der Waals surface area contributed by atoms with E-state index in [9.17, 15) is 14.0 Å². The zero-order chi connectivity index (χ0) is 24.3. The Labute approximate surface area is 201 Å². The number of halogens is 1. The van der Waals surface area contributed by atoms with Crippen LogP contribution in [0.4, 0.5) is 4.39 Å². The van der Waals surface area contributed by atoms with Gasteiger partial charge in [-0.1, -0.05) is 13.0 Å². The fraction of sp³-hybridized carbons (Fsp3) is 0.444. The van der Waals surface area contributed by atoms with Gasteiger partial charge in [0.1, 0.15) is 11.5 Å². The predicted octanol–water partition coefficient (Wildman–Crippen LogP) is 4.62. The molecule has 0 atom stereocenters. The Morgan fingerprint density at radius 1 is 1.06 bits per heavy atom. The molecule has 2 aliphatic rings. The molecule has 2 saturated heterocycles. The highest BCUT2D eigenvalue weighted by Crippen LogP contribution is 2.21. The van der Waals surface area contributed by atoms with Crippen LogP contribution in [0.25, 0.3) is 5.65 Å². The van der Waals surface area contributed by atoms with Gasteiger partial charge < -0.3 is 14.2 Å². The number of pyridine rings is 1. The van der Waals surface area contributed by atoms with E-state index in [4.69, 9.17) is 0 Å². The van der Waals surface area contributed by atoms with Crippen LogP contribution < -0.4 is 0 Å². The Morgan fingerprint density at radius 2 is 1.74 bits per heavy atom. The van der Waals surface area contributed by atoms with Crippen molar-refractivity contribution in [1.82, 2.24) is 19.2 Å². The summed E-state index contributed by atoms with van der Waals surface area (Å²) in [5, 5.41) is 0. The molecule has 2 aliphatic heterocycles. The van der Waals surface area contributed by atoms with E-state index >= 15 is 0 Å². The van der Waals surface area contributed by atoms with Gasteiger partial charge in [0.15, 0.2) is 5.78 Å². The van der Waals surface area contributed by atoms with E-state index < -0.39 is 0 Å². The van der Waals surface area contributed by atoms with E-state index in [1.165, 1.54) is 30.5 Å². The zero-order valence-electron chi connectivity index (χ0n) is 20.2. The first-order chi connectivity index (χ1) is 16.5. The van der Waals surface area contributed by atoms with Gasteiger partial charge in [-0.15, -0.1) is 0 Å². The molecule has 5 rings (SSSR count). The Bertz CT molecular complexity index is 1040. The number of benzene rings is 1. The molecule has 2 fully saturated rings. The van der Waals surface area contributed by atoms with E-state index in [2.05, 4.69) is 36.0 Å². The smallest absolute Gasteiger partial charge is 0.209 e. The van der Waals surface area contributed by atoms with Crippen molar-refractivity contribution in [2.75, 3.05) is 32.7 Å². The van der Waals surface area contributed by atoms with Gasteiger partial charge in [0, 0.05) is 43.2 Å². The third-order valence-corrected chi connectivity index (χ3v) is 6.36. The first-order valence-electron chi connectivity index (χ1n) is 12.1. The largest absolute Gasteiger partial charge is 0.345 e. The summed E-state index contributed by atoms with van der Waals surface area (Å²) in [6, 6.07) is 9.95. The molecule has 182 valence electrons. The van der Waals surface area contributed by atoms with Crippen molar-refractivity contribution in [3.05, 3.63) is 71.9 Å². The molecule has 6 nitrogen and oxygen atoms in total. The van der Waals surface area contributed by atoms with Gasteiger partial charge in [-0.05, 0) is 88.1 Å².